The Hall–Kier alpha value is -4.58. The molecule has 0 fully saturated rings. The van der Waals surface area contributed by atoms with Crippen molar-refractivity contribution in [3.05, 3.63) is 105 Å². The second-order valence-corrected chi connectivity index (χ2v) is 8.21. The van der Waals surface area contributed by atoms with E-state index in [0.29, 0.717) is 40.4 Å². The molecule has 0 atom stereocenters. The molecule has 6 rings (SSSR count). The number of hydrogen-bond acceptors (Lipinski definition) is 4. The molecule has 34 heavy (non-hydrogen) atoms. The van der Waals surface area contributed by atoms with Crippen LogP contribution in [0.4, 0.5) is 0 Å². The van der Waals surface area contributed by atoms with E-state index in [2.05, 4.69) is 9.97 Å². The van der Waals surface area contributed by atoms with Crippen molar-refractivity contribution in [1.29, 1.82) is 0 Å². The second kappa shape index (κ2) is 7.78. The lowest BCUT2D eigenvalue weighted by Crippen LogP contribution is -2.34. The number of ether oxygens (including phenoxy) is 2. The number of rotatable bonds is 6. The van der Waals surface area contributed by atoms with Gasteiger partial charge in [-0.2, -0.15) is 0 Å². The van der Waals surface area contributed by atoms with Crippen LogP contribution in [0.3, 0.4) is 0 Å². The van der Waals surface area contributed by atoms with Gasteiger partial charge in [-0.3, -0.25) is 9.59 Å². The summed E-state index contributed by atoms with van der Waals surface area (Å²) in [6.45, 7) is 0.439. The van der Waals surface area contributed by atoms with Gasteiger partial charge < -0.3 is 19.4 Å². The first-order valence-electron chi connectivity index (χ1n) is 10.9. The maximum atomic E-state index is 12.8. The fourth-order valence-electron chi connectivity index (χ4n) is 4.48. The fourth-order valence-corrected chi connectivity index (χ4v) is 4.48. The summed E-state index contributed by atoms with van der Waals surface area (Å²) in [6, 6.07) is 21.2. The Kier molecular flexibility index (Phi) is 4.59. The first-order valence-corrected chi connectivity index (χ1v) is 10.9. The quantitative estimate of drug-likeness (QED) is 0.345. The van der Waals surface area contributed by atoms with Crippen LogP contribution in [0.25, 0.3) is 44.1 Å². The van der Waals surface area contributed by atoms with Crippen LogP contribution in [0.1, 0.15) is 5.56 Å². The van der Waals surface area contributed by atoms with Crippen molar-refractivity contribution in [3.63, 3.8) is 0 Å². The second-order valence-electron chi connectivity index (χ2n) is 8.21. The van der Waals surface area contributed by atoms with E-state index in [9.17, 15) is 9.59 Å². The average Bonchev–Trinajstić information content (AvgIpc) is 3.49. The minimum Gasteiger partial charge on any atom is -0.497 e. The van der Waals surface area contributed by atoms with E-state index in [0.717, 1.165) is 27.4 Å². The highest BCUT2D eigenvalue weighted by atomic mass is 16.5. The molecule has 0 bridgehead atoms. The molecule has 2 heterocycles. The minimum atomic E-state index is -0.483. The van der Waals surface area contributed by atoms with E-state index in [1.807, 2.05) is 66.7 Å². The highest BCUT2D eigenvalue weighted by Crippen LogP contribution is 2.38. The molecule has 6 aromatic rings. The number of aromatic nitrogens is 2. The van der Waals surface area contributed by atoms with Crippen molar-refractivity contribution < 1.29 is 9.47 Å². The molecule has 166 valence electrons. The highest BCUT2D eigenvalue weighted by molar-refractivity contribution is 6.06. The lowest BCUT2D eigenvalue weighted by molar-refractivity contribution is 0.306. The average molecular weight is 448 g/mol. The van der Waals surface area contributed by atoms with Gasteiger partial charge in [-0.05, 0) is 42.0 Å². The molecule has 2 N–H and O–H groups in total. The van der Waals surface area contributed by atoms with Crippen molar-refractivity contribution in [2.75, 3.05) is 7.11 Å². The largest absolute Gasteiger partial charge is 0.497 e. The van der Waals surface area contributed by atoms with Gasteiger partial charge in [-0.25, -0.2) is 0 Å². The predicted octanol–water partition coefficient (Wildman–Crippen LogP) is 5.17. The van der Waals surface area contributed by atoms with Gasteiger partial charge in [-0.15, -0.1) is 0 Å². The van der Waals surface area contributed by atoms with E-state index >= 15 is 0 Å². The van der Waals surface area contributed by atoms with E-state index in [1.165, 1.54) is 0 Å². The number of nitrogens with one attached hydrogen (secondary N) is 2. The van der Waals surface area contributed by atoms with Crippen LogP contribution in [0, 0.1) is 0 Å². The van der Waals surface area contributed by atoms with Crippen LogP contribution in [0.5, 0.6) is 11.5 Å². The third kappa shape index (κ3) is 3.11. The Labute approximate surface area is 194 Å². The summed E-state index contributed by atoms with van der Waals surface area (Å²) in [6.07, 6.45) is 3.55. The molecule has 6 nitrogen and oxygen atoms in total. The van der Waals surface area contributed by atoms with E-state index in [-0.39, 0.29) is 0 Å². The van der Waals surface area contributed by atoms with Crippen molar-refractivity contribution in [2.24, 2.45) is 0 Å². The van der Waals surface area contributed by atoms with Gasteiger partial charge >= 0.3 is 0 Å². The SMILES string of the molecule is COc1ccc2[nH]cc(-c3c(-c4c[nH]c5ccc(OCc6ccccc6)cc45)c(=O)c3=O)c2c1. The lowest BCUT2D eigenvalue weighted by Gasteiger charge is -2.11. The summed E-state index contributed by atoms with van der Waals surface area (Å²) in [7, 11) is 1.60. The van der Waals surface area contributed by atoms with E-state index in [1.54, 1.807) is 19.5 Å². The molecule has 0 aliphatic carbocycles. The maximum Gasteiger partial charge on any atom is 0.235 e. The molecule has 4 aromatic carbocycles. The van der Waals surface area contributed by atoms with Crippen LogP contribution in [-0.2, 0) is 6.61 Å². The van der Waals surface area contributed by atoms with Gasteiger partial charge in [0.05, 0.1) is 7.11 Å². The number of H-pyrrole nitrogens is 2. The van der Waals surface area contributed by atoms with Gasteiger partial charge in [0.2, 0.25) is 10.9 Å². The van der Waals surface area contributed by atoms with Crippen LogP contribution >= 0.6 is 0 Å². The molecule has 0 aliphatic heterocycles. The maximum absolute atomic E-state index is 12.8. The predicted molar refractivity (Wildman–Crippen MR) is 133 cm³/mol. The zero-order chi connectivity index (χ0) is 23.2. The molecule has 2 aromatic heterocycles. The fraction of sp³-hybridized carbons (Fsp3) is 0.0714. The normalized spacial score (nSPS) is 11.4. The smallest absolute Gasteiger partial charge is 0.235 e. The standard InChI is InChI=1S/C28H20N2O4/c1-33-17-7-9-23-19(11-17)21(13-29-23)25-26(28(32)27(25)31)22-14-30-24-10-8-18(12-20(22)24)34-15-16-5-3-2-4-6-16/h2-14,29-30H,15H2,1H3. The number of hydrogen-bond donors (Lipinski definition) is 2. The number of methoxy groups -OCH3 is 1. The van der Waals surface area contributed by atoms with Gasteiger partial charge in [0.1, 0.15) is 18.1 Å². The Morgan fingerprint density at radius 1 is 0.706 bits per heavy atom. The van der Waals surface area contributed by atoms with Crippen LogP contribution in [0.2, 0.25) is 0 Å². The zero-order valence-corrected chi connectivity index (χ0v) is 18.3. The molecule has 0 unspecified atom stereocenters. The first-order chi connectivity index (χ1) is 16.6. The van der Waals surface area contributed by atoms with Gasteiger partial charge in [0.25, 0.3) is 0 Å². The summed E-state index contributed by atoms with van der Waals surface area (Å²) in [4.78, 5) is 31.9. The molecule has 0 radical (unpaired) electrons. The molecule has 0 saturated carbocycles. The number of benzene rings is 3. The minimum absolute atomic E-state index is 0.417. The Morgan fingerprint density at radius 3 is 1.85 bits per heavy atom. The van der Waals surface area contributed by atoms with E-state index < -0.39 is 10.9 Å². The Balaban J connectivity index is 1.44. The van der Waals surface area contributed by atoms with Gasteiger partial charge in [0.15, 0.2) is 0 Å². The van der Waals surface area contributed by atoms with Crippen molar-refractivity contribution >= 4 is 21.8 Å². The first kappa shape index (κ1) is 20.1. The summed E-state index contributed by atoms with van der Waals surface area (Å²) in [5.74, 6) is 1.37. The highest BCUT2D eigenvalue weighted by Gasteiger charge is 2.27. The Morgan fingerprint density at radius 2 is 1.26 bits per heavy atom. The van der Waals surface area contributed by atoms with Crippen molar-refractivity contribution in [2.45, 2.75) is 6.61 Å². The molecule has 0 amide bonds. The monoisotopic (exact) mass is 448 g/mol. The van der Waals surface area contributed by atoms with Gasteiger partial charge in [-0.1, -0.05) is 30.3 Å². The van der Waals surface area contributed by atoms with Gasteiger partial charge in [0, 0.05) is 56.5 Å². The van der Waals surface area contributed by atoms with E-state index in [4.69, 9.17) is 9.47 Å². The molecule has 0 saturated heterocycles. The Bertz CT molecular complexity index is 1730. The van der Waals surface area contributed by atoms with Crippen LogP contribution < -0.4 is 20.3 Å². The third-order valence-electron chi connectivity index (χ3n) is 6.24. The number of fused-ring (bicyclic) bond motifs is 2. The molecule has 0 spiro atoms. The lowest BCUT2D eigenvalue weighted by atomic mass is 9.89. The van der Waals surface area contributed by atoms with Crippen LogP contribution in [-0.4, -0.2) is 17.1 Å². The topological polar surface area (TPSA) is 84.2 Å². The third-order valence-corrected chi connectivity index (χ3v) is 6.24. The summed E-state index contributed by atoms with van der Waals surface area (Å²) in [5, 5.41) is 1.66. The molecular formula is C28H20N2O4. The summed E-state index contributed by atoms with van der Waals surface area (Å²) in [5.41, 5.74) is 4.05. The molecular weight excluding hydrogens is 428 g/mol. The zero-order valence-electron chi connectivity index (χ0n) is 18.3. The van der Waals surface area contributed by atoms with Crippen LogP contribution in [0.15, 0.2) is 88.7 Å². The van der Waals surface area contributed by atoms with Crippen molar-refractivity contribution in [3.8, 4) is 33.8 Å². The molecule has 6 heteroatoms. The summed E-state index contributed by atoms with van der Waals surface area (Å²) >= 11 is 0. The summed E-state index contributed by atoms with van der Waals surface area (Å²) < 4.78 is 11.3. The number of aromatic amines is 2. The van der Waals surface area contributed by atoms with Crippen molar-refractivity contribution in [1.82, 2.24) is 9.97 Å². The molecule has 0 aliphatic rings.